The van der Waals surface area contributed by atoms with E-state index < -0.39 is 16.6 Å². The number of hydrogen-bond donors (Lipinski definition) is 2. The standard InChI is InChI=1S/C11H17F3N2OS/c1-10(2,3)8-7(6-15-4-5-17)18-9(16-8)11(12,13)14/h15,17H,4-6H2,1-3H3. The van der Waals surface area contributed by atoms with E-state index in [1.54, 1.807) is 0 Å². The molecule has 2 N–H and O–H groups in total. The molecular weight excluding hydrogens is 265 g/mol. The Morgan fingerprint density at radius 3 is 2.33 bits per heavy atom. The predicted molar refractivity (Wildman–Crippen MR) is 64.6 cm³/mol. The molecule has 0 aromatic carbocycles. The fraction of sp³-hybridized carbons (Fsp3) is 0.727. The summed E-state index contributed by atoms with van der Waals surface area (Å²) in [6.45, 7) is 6.09. The highest BCUT2D eigenvalue weighted by Crippen LogP contribution is 2.37. The summed E-state index contributed by atoms with van der Waals surface area (Å²) >= 11 is 0.664. The van der Waals surface area contributed by atoms with Crippen LogP contribution in [0.25, 0.3) is 0 Å². The topological polar surface area (TPSA) is 45.2 Å². The first-order chi connectivity index (χ1) is 8.16. The molecule has 0 radical (unpaired) electrons. The maximum atomic E-state index is 12.6. The van der Waals surface area contributed by atoms with Crippen LogP contribution in [0.3, 0.4) is 0 Å². The van der Waals surface area contributed by atoms with Gasteiger partial charge < -0.3 is 10.4 Å². The van der Waals surface area contributed by atoms with Crippen molar-refractivity contribution in [2.24, 2.45) is 0 Å². The van der Waals surface area contributed by atoms with Crippen LogP contribution in [0.4, 0.5) is 13.2 Å². The van der Waals surface area contributed by atoms with E-state index in [2.05, 4.69) is 10.3 Å². The van der Waals surface area contributed by atoms with Crippen LogP contribution in [-0.2, 0) is 18.1 Å². The van der Waals surface area contributed by atoms with E-state index in [9.17, 15) is 13.2 Å². The van der Waals surface area contributed by atoms with Gasteiger partial charge in [0.1, 0.15) is 0 Å². The van der Waals surface area contributed by atoms with Crippen LogP contribution in [0, 0.1) is 0 Å². The SMILES string of the molecule is CC(C)(C)c1nc(C(F)(F)F)sc1CNCCO. The monoisotopic (exact) mass is 282 g/mol. The number of nitrogens with one attached hydrogen (secondary N) is 1. The summed E-state index contributed by atoms with van der Waals surface area (Å²) in [6.07, 6.45) is -4.40. The van der Waals surface area contributed by atoms with Crippen molar-refractivity contribution in [3.63, 3.8) is 0 Å². The molecule has 104 valence electrons. The third-order valence-electron chi connectivity index (χ3n) is 2.22. The molecule has 1 aromatic rings. The van der Waals surface area contributed by atoms with Crippen LogP contribution in [0.15, 0.2) is 0 Å². The molecule has 0 bridgehead atoms. The lowest BCUT2D eigenvalue weighted by Gasteiger charge is -2.17. The number of halogens is 3. The van der Waals surface area contributed by atoms with Crippen LogP contribution in [0.1, 0.15) is 36.3 Å². The first-order valence-electron chi connectivity index (χ1n) is 5.55. The van der Waals surface area contributed by atoms with E-state index in [1.807, 2.05) is 20.8 Å². The van der Waals surface area contributed by atoms with Gasteiger partial charge >= 0.3 is 6.18 Å². The molecule has 7 heteroatoms. The van der Waals surface area contributed by atoms with Crippen LogP contribution in [0.5, 0.6) is 0 Å². The number of nitrogens with zero attached hydrogens (tertiary/aromatic N) is 1. The zero-order valence-electron chi connectivity index (χ0n) is 10.6. The molecule has 0 atom stereocenters. The normalized spacial score (nSPS) is 13.1. The van der Waals surface area contributed by atoms with Crippen LogP contribution < -0.4 is 5.32 Å². The summed E-state index contributed by atoms with van der Waals surface area (Å²) in [6, 6.07) is 0. The Kier molecular flexibility index (Phi) is 4.74. The molecule has 1 heterocycles. The highest BCUT2D eigenvalue weighted by Gasteiger charge is 2.37. The van der Waals surface area contributed by atoms with Gasteiger partial charge in [0, 0.05) is 23.4 Å². The second-order valence-electron chi connectivity index (χ2n) is 4.94. The van der Waals surface area contributed by atoms with Gasteiger partial charge in [-0.15, -0.1) is 11.3 Å². The first-order valence-corrected chi connectivity index (χ1v) is 6.37. The quantitative estimate of drug-likeness (QED) is 0.834. The molecule has 0 aliphatic heterocycles. The molecule has 0 aliphatic rings. The molecule has 3 nitrogen and oxygen atoms in total. The lowest BCUT2D eigenvalue weighted by atomic mass is 9.91. The lowest BCUT2D eigenvalue weighted by Crippen LogP contribution is -2.21. The van der Waals surface area contributed by atoms with Gasteiger partial charge in [-0.2, -0.15) is 13.2 Å². The number of aromatic nitrogens is 1. The molecule has 18 heavy (non-hydrogen) atoms. The van der Waals surface area contributed by atoms with Crippen LogP contribution >= 0.6 is 11.3 Å². The van der Waals surface area contributed by atoms with Gasteiger partial charge in [0.25, 0.3) is 0 Å². The van der Waals surface area contributed by atoms with E-state index in [-0.39, 0.29) is 6.61 Å². The Balaban J connectivity index is 3.02. The van der Waals surface area contributed by atoms with Crippen LogP contribution in [-0.4, -0.2) is 23.2 Å². The van der Waals surface area contributed by atoms with Crippen LogP contribution in [0.2, 0.25) is 0 Å². The van der Waals surface area contributed by atoms with Crippen molar-refractivity contribution in [2.45, 2.75) is 38.9 Å². The summed E-state index contributed by atoms with van der Waals surface area (Å²) in [5, 5.41) is 10.7. The minimum absolute atomic E-state index is 0.0459. The fourth-order valence-electron chi connectivity index (χ4n) is 1.46. The molecule has 0 unspecified atom stereocenters. The zero-order valence-corrected chi connectivity index (χ0v) is 11.4. The van der Waals surface area contributed by atoms with Crippen molar-refractivity contribution in [3.8, 4) is 0 Å². The molecule has 0 saturated heterocycles. The smallest absolute Gasteiger partial charge is 0.395 e. The molecule has 0 saturated carbocycles. The lowest BCUT2D eigenvalue weighted by molar-refractivity contribution is -0.137. The summed E-state index contributed by atoms with van der Waals surface area (Å²) in [5.74, 6) is 0. The number of thiazole rings is 1. The van der Waals surface area contributed by atoms with Gasteiger partial charge in [-0.3, -0.25) is 0 Å². The van der Waals surface area contributed by atoms with Gasteiger partial charge in [0.05, 0.1) is 12.3 Å². The second-order valence-corrected chi connectivity index (χ2v) is 6.02. The molecule has 0 aliphatic carbocycles. The molecule has 0 fully saturated rings. The number of hydrogen-bond acceptors (Lipinski definition) is 4. The Labute approximate surface area is 108 Å². The van der Waals surface area contributed by atoms with Crippen molar-refractivity contribution < 1.29 is 18.3 Å². The van der Waals surface area contributed by atoms with E-state index in [0.29, 0.717) is 35.0 Å². The molecule has 0 spiro atoms. The number of aliphatic hydroxyl groups excluding tert-OH is 1. The fourth-order valence-corrected chi connectivity index (χ4v) is 2.57. The van der Waals surface area contributed by atoms with E-state index in [1.165, 1.54) is 0 Å². The third kappa shape index (κ3) is 3.93. The Morgan fingerprint density at radius 2 is 1.89 bits per heavy atom. The predicted octanol–water partition coefficient (Wildman–Crippen LogP) is 2.54. The van der Waals surface area contributed by atoms with Crippen molar-refractivity contribution in [1.29, 1.82) is 0 Å². The molecule has 0 amide bonds. The largest absolute Gasteiger partial charge is 0.443 e. The van der Waals surface area contributed by atoms with E-state index in [0.717, 1.165) is 0 Å². The van der Waals surface area contributed by atoms with Gasteiger partial charge in [-0.1, -0.05) is 20.8 Å². The molecule has 1 aromatic heterocycles. The maximum Gasteiger partial charge on any atom is 0.443 e. The van der Waals surface area contributed by atoms with Crippen molar-refractivity contribution >= 4 is 11.3 Å². The molecular formula is C11H17F3N2OS. The Morgan fingerprint density at radius 1 is 1.28 bits per heavy atom. The minimum Gasteiger partial charge on any atom is -0.395 e. The Hall–Kier alpha value is -0.660. The summed E-state index contributed by atoms with van der Waals surface area (Å²) in [7, 11) is 0. The van der Waals surface area contributed by atoms with Crippen molar-refractivity contribution in [2.75, 3.05) is 13.2 Å². The summed E-state index contributed by atoms with van der Waals surface area (Å²) < 4.78 is 37.9. The zero-order chi connectivity index (χ0) is 14.0. The molecule has 1 rings (SSSR count). The van der Waals surface area contributed by atoms with Crippen molar-refractivity contribution in [1.82, 2.24) is 10.3 Å². The van der Waals surface area contributed by atoms with Gasteiger partial charge in [0.2, 0.25) is 0 Å². The number of alkyl halides is 3. The average molecular weight is 282 g/mol. The Bertz CT molecular complexity index is 396. The summed E-state index contributed by atoms with van der Waals surface area (Å²) in [5.41, 5.74) is 0.0289. The summed E-state index contributed by atoms with van der Waals surface area (Å²) in [4.78, 5) is 4.29. The van der Waals surface area contributed by atoms with E-state index >= 15 is 0 Å². The maximum absolute atomic E-state index is 12.6. The van der Waals surface area contributed by atoms with Crippen molar-refractivity contribution in [3.05, 3.63) is 15.6 Å². The third-order valence-corrected chi connectivity index (χ3v) is 3.32. The van der Waals surface area contributed by atoms with Gasteiger partial charge in [-0.25, -0.2) is 4.98 Å². The highest BCUT2D eigenvalue weighted by molar-refractivity contribution is 7.11. The first kappa shape index (κ1) is 15.4. The minimum atomic E-state index is -4.40. The van der Waals surface area contributed by atoms with Gasteiger partial charge in [-0.05, 0) is 0 Å². The number of rotatable bonds is 4. The highest BCUT2D eigenvalue weighted by atomic mass is 32.1. The number of aliphatic hydroxyl groups is 1. The average Bonchev–Trinajstić information content (AvgIpc) is 2.61. The second kappa shape index (κ2) is 5.54. The van der Waals surface area contributed by atoms with Gasteiger partial charge in [0.15, 0.2) is 5.01 Å². The van der Waals surface area contributed by atoms with E-state index in [4.69, 9.17) is 5.11 Å².